The summed E-state index contributed by atoms with van der Waals surface area (Å²) >= 11 is 0. The molecule has 0 atom stereocenters. The zero-order valence-corrected chi connectivity index (χ0v) is 8.72. The lowest BCUT2D eigenvalue weighted by Crippen LogP contribution is -1.82. The van der Waals surface area contributed by atoms with E-state index in [1.54, 1.807) is 0 Å². The van der Waals surface area contributed by atoms with Crippen molar-refractivity contribution in [2.45, 2.75) is 0 Å². The summed E-state index contributed by atoms with van der Waals surface area (Å²) < 4.78 is 0. The average Bonchev–Trinajstić information content (AvgIpc) is 2.39. The molecule has 0 fully saturated rings. The van der Waals surface area contributed by atoms with Crippen LogP contribution in [0.5, 0.6) is 0 Å². The van der Waals surface area contributed by atoms with Crippen LogP contribution in [0, 0.1) is 6.07 Å². The van der Waals surface area contributed by atoms with E-state index in [9.17, 15) is 0 Å². The van der Waals surface area contributed by atoms with Crippen molar-refractivity contribution in [2.75, 3.05) is 0 Å². The molecule has 3 aromatic rings. The molecule has 16 heavy (non-hydrogen) atoms. The van der Waals surface area contributed by atoms with Crippen LogP contribution in [0.15, 0.2) is 60.9 Å². The predicted molar refractivity (Wildman–Crippen MR) is 66.0 cm³/mol. The third-order valence-electron chi connectivity index (χ3n) is 2.69. The van der Waals surface area contributed by atoms with Gasteiger partial charge >= 0.3 is 0 Å². The Balaban J connectivity index is 2.32. The van der Waals surface area contributed by atoms with Crippen LogP contribution in [0.3, 0.4) is 0 Å². The highest BCUT2D eigenvalue weighted by Gasteiger charge is 2.02. The summed E-state index contributed by atoms with van der Waals surface area (Å²) in [7, 11) is 0. The molecule has 0 saturated heterocycles. The van der Waals surface area contributed by atoms with Gasteiger partial charge < -0.3 is 0 Å². The number of pyridine rings is 1. The Bertz CT molecular complexity index is 609. The lowest BCUT2D eigenvalue weighted by Gasteiger charge is -2.05. The molecule has 0 aliphatic carbocycles. The fourth-order valence-corrected chi connectivity index (χ4v) is 1.91. The summed E-state index contributed by atoms with van der Waals surface area (Å²) in [5, 5.41) is 2.40. The molecular weight excluding hydrogens is 194 g/mol. The number of hydrogen-bond acceptors (Lipinski definition) is 1. The van der Waals surface area contributed by atoms with Crippen LogP contribution in [0.4, 0.5) is 0 Å². The fraction of sp³-hybridized carbons (Fsp3) is 0. The molecule has 0 aliphatic heterocycles. The monoisotopic (exact) mass is 204 g/mol. The summed E-state index contributed by atoms with van der Waals surface area (Å²) in [6.45, 7) is 0. The molecule has 2 aromatic carbocycles. The van der Waals surface area contributed by atoms with E-state index < -0.39 is 0 Å². The molecule has 75 valence electrons. The largest absolute Gasteiger partial charge is 0.263 e. The molecular formula is C15H10N. The molecule has 1 heterocycles. The molecule has 0 aliphatic rings. The highest BCUT2D eigenvalue weighted by molar-refractivity contribution is 5.95. The number of benzene rings is 2. The van der Waals surface area contributed by atoms with Crippen LogP contribution in [0.2, 0.25) is 0 Å². The van der Waals surface area contributed by atoms with Crippen molar-refractivity contribution in [2.24, 2.45) is 0 Å². The van der Waals surface area contributed by atoms with E-state index in [1.807, 2.05) is 36.7 Å². The van der Waals surface area contributed by atoms with Crippen LogP contribution in [0.1, 0.15) is 0 Å². The van der Waals surface area contributed by atoms with Gasteiger partial charge in [0.05, 0.1) is 0 Å². The molecule has 3 rings (SSSR count). The van der Waals surface area contributed by atoms with E-state index in [1.165, 1.54) is 10.8 Å². The highest BCUT2D eigenvalue weighted by Crippen LogP contribution is 2.26. The average molecular weight is 204 g/mol. The minimum absolute atomic E-state index is 1.16. The van der Waals surface area contributed by atoms with Gasteiger partial charge in [0.25, 0.3) is 0 Å². The van der Waals surface area contributed by atoms with Gasteiger partial charge in [-0.1, -0.05) is 42.5 Å². The summed E-state index contributed by atoms with van der Waals surface area (Å²) in [4.78, 5) is 4.28. The zero-order valence-electron chi connectivity index (χ0n) is 8.72. The SMILES string of the molecule is [c]1cccc(-c2cncc3ccccc23)c1. The number of aromatic nitrogens is 1. The molecule has 0 saturated carbocycles. The van der Waals surface area contributed by atoms with E-state index in [-0.39, 0.29) is 0 Å². The minimum atomic E-state index is 1.16. The molecule has 0 amide bonds. The Morgan fingerprint density at radius 3 is 2.75 bits per heavy atom. The third kappa shape index (κ3) is 1.47. The lowest BCUT2D eigenvalue weighted by molar-refractivity contribution is 1.36. The first-order chi connectivity index (χ1) is 7.95. The van der Waals surface area contributed by atoms with Crippen LogP contribution in [0.25, 0.3) is 21.9 Å². The Hall–Kier alpha value is -2.15. The Kier molecular flexibility index (Phi) is 2.15. The molecule has 0 N–H and O–H groups in total. The number of rotatable bonds is 1. The topological polar surface area (TPSA) is 12.9 Å². The first kappa shape index (κ1) is 9.10. The van der Waals surface area contributed by atoms with Crippen molar-refractivity contribution in [3.05, 3.63) is 67.0 Å². The maximum Gasteiger partial charge on any atom is 0.0352 e. The Labute approximate surface area is 94.4 Å². The maximum atomic E-state index is 4.28. The third-order valence-corrected chi connectivity index (χ3v) is 2.69. The molecule has 0 bridgehead atoms. The summed E-state index contributed by atoms with van der Waals surface area (Å²) in [5.41, 5.74) is 2.32. The van der Waals surface area contributed by atoms with Crippen molar-refractivity contribution < 1.29 is 0 Å². The molecule has 1 radical (unpaired) electrons. The second kappa shape index (κ2) is 3.78. The van der Waals surface area contributed by atoms with Gasteiger partial charge in [-0.25, -0.2) is 0 Å². The maximum absolute atomic E-state index is 4.28. The molecule has 1 nitrogen and oxygen atoms in total. The normalized spacial score (nSPS) is 10.5. The summed E-state index contributed by atoms with van der Waals surface area (Å²) in [6.07, 6.45) is 3.80. The minimum Gasteiger partial charge on any atom is -0.263 e. The van der Waals surface area contributed by atoms with Crippen molar-refractivity contribution in [1.82, 2.24) is 4.98 Å². The lowest BCUT2D eigenvalue weighted by atomic mass is 10.0. The van der Waals surface area contributed by atoms with Gasteiger partial charge in [-0.05, 0) is 23.1 Å². The number of fused-ring (bicyclic) bond motifs is 1. The Morgan fingerprint density at radius 2 is 1.88 bits per heavy atom. The smallest absolute Gasteiger partial charge is 0.0352 e. The van der Waals surface area contributed by atoms with Gasteiger partial charge in [0, 0.05) is 23.3 Å². The molecule has 1 aromatic heterocycles. The number of nitrogens with zero attached hydrogens (tertiary/aromatic N) is 1. The van der Waals surface area contributed by atoms with E-state index in [2.05, 4.69) is 35.3 Å². The zero-order chi connectivity index (χ0) is 10.8. The first-order valence-electron chi connectivity index (χ1n) is 5.24. The summed E-state index contributed by atoms with van der Waals surface area (Å²) in [5.74, 6) is 0. The standard InChI is InChI=1S/C15H10N/c1-2-6-12(7-3-1)15-11-16-10-13-8-4-5-9-14(13)15/h1-2,4-11H. The van der Waals surface area contributed by atoms with E-state index >= 15 is 0 Å². The Morgan fingerprint density at radius 1 is 0.938 bits per heavy atom. The second-order valence-electron chi connectivity index (χ2n) is 3.70. The fourth-order valence-electron chi connectivity index (χ4n) is 1.91. The molecule has 0 unspecified atom stereocenters. The van der Waals surface area contributed by atoms with Gasteiger partial charge in [-0.2, -0.15) is 0 Å². The second-order valence-corrected chi connectivity index (χ2v) is 3.70. The molecule has 1 heteroatoms. The van der Waals surface area contributed by atoms with Crippen LogP contribution >= 0.6 is 0 Å². The number of hydrogen-bond donors (Lipinski definition) is 0. The highest BCUT2D eigenvalue weighted by atomic mass is 14.6. The van der Waals surface area contributed by atoms with Gasteiger partial charge in [0.2, 0.25) is 0 Å². The summed E-state index contributed by atoms with van der Waals surface area (Å²) in [6, 6.07) is 19.4. The van der Waals surface area contributed by atoms with E-state index in [0.717, 1.165) is 11.1 Å². The van der Waals surface area contributed by atoms with Crippen LogP contribution < -0.4 is 0 Å². The molecule has 0 spiro atoms. The van der Waals surface area contributed by atoms with Crippen LogP contribution in [-0.4, -0.2) is 4.98 Å². The van der Waals surface area contributed by atoms with Gasteiger partial charge in [0.15, 0.2) is 0 Å². The quantitative estimate of drug-likeness (QED) is 0.589. The van der Waals surface area contributed by atoms with Gasteiger partial charge in [-0.15, -0.1) is 0 Å². The van der Waals surface area contributed by atoms with Crippen molar-refractivity contribution in [1.29, 1.82) is 0 Å². The first-order valence-corrected chi connectivity index (χ1v) is 5.24. The van der Waals surface area contributed by atoms with Crippen molar-refractivity contribution in [3.63, 3.8) is 0 Å². The van der Waals surface area contributed by atoms with E-state index in [0.29, 0.717) is 0 Å². The van der Waals surface area contributed by atoms with Gasteiger partial charge in [-0.3, -0.25) is 4.98 Å². The predicted octanol–water partition coefficient (Wildman–Crippen LogP) is 3.70. The van der Waals surface area contributed by atoms with Crippen molar-refractivity contribution in [3.8, 4) is 11.1 Å². The van der Waals surface area contributed by atoms with Crippen molar-refractivity contribution >= 4 is 10.8 Å². The van der Waals surface area contributed by atoms with Gasteiger partial charge in [0.1, 0.15) is 0 Å². The van der Waals surface area contributed by atoms with E-state index in [4.69, 9.17) is 0 Å². The van der Waals surface area contributed by atoms with Crippen LogP contribution in [-0.2, 0) is 0 Å².